The maximum atomic E-state index is 12.8. The second-order valence-corrected chi connectivity index (χ2v) is 8.00. The molecular weight excluding hydrogens is 425 g/mol. The number of carbonyl (C=O) groups excluding carboxylic acids is 1. The predicted octanol–water partition coefficient (Wildman–Crippen LogP) is -0.959. The van der Waals surface area contributed by atoms with E-state index in [1.165, 1.54) is 0 Å². The fourth-order valence-electron chi connectivity index (χ4n) is 2.80. The molecule has 0 aromatic heterocycles. The average Bonchev–Trinajstić information content (AvgIpc) is 2.50. The largest absolute Gasteiger partial charge is 0.394 e. The van der Waals surface area contributed by atoms with E-state index in [9.17, 15) is 9.90 Å². The fraction of sp³-hybridized carbons (Fsp3) is 0.929. The predicted molar refractivity (Wildman–Crippen MR) is 98.1 cm³/mol. The minimum atomic E-state index is -1.03. The van der Waals surface area contributed by atoms with Gasteiger partial charge < -0.3 is 24.2 Å². The first-order valence-electron chi connectivity index (χ1n) is 7.98. The van der Waals surface area contributed by atoms with Crippen molar-refractivity contribution in [3.8, 4) is 0 Å². The minimum Gasteiger partial charge on any atom is -0.394 e. The van der Waals surface area contributed by atoms with Gasteiger partial charge in [0.25, 0.3) is 5.91 Å². The number of aliphatic hydroxyl groups is 1. The van der Waals surface area contributed by atoms with Crippen molar-refractivity contribution in [1.82, 2.24) is 8.01 Å². The number of hydrogen-bond donors (Lipinski definition) is 1. The van der Waals surface area contributed by atoms with Gasteiger partial charge in [0.05, 0.1) is 25.4 Å². The van der Waals surface area contributed by atoms with Crippen LogP contribution in [0.25, 0.3) is 0 Å². The summed E-state index contributed by atoms with van der Waals surface area (Å²) in [7, 11) is 11.6. The molecule has 2 rings (SSSR count). The topological polar surface area (TPSA) is 71.5 Å². The molecule has 0 spiro atoms. The van der Waals surface area contributed by atoms with Crippen LogP contribution >= 0.6 is 22.9 Å². The fourth-order valence-corrected chi connectivity index (χ4v) is 3.62. The van der Waals surface area contributed by atoms with Crippen LogP contribution in [0.4, 0.5) is 0 Å². The number of hydrogen-bond acceptors (Lipinski definition) is 6. The molecule has 7 nitrogen and oxygen atoms in total. The smallest absolute Gasteiger partial charge is 0.254 e. The average molecular weight is 448 g/mol. The van der Waals surface area contributed by atoms with E-state index in [0.29, 0.717) is 19.6 Å². The molecule has 24 heavy (non-hydrogen) atoms. The Morgan fingerprint density at radius 3 is 2.46 bits per heavy atom. The van der Waals surface area contributed by atoms with E-state index < -0.39 is 17.7 Å². The molecular formula is C14H23B2IN2O5. The zero-order valence-corrected chi connectivity index (χ0v) is 16.2. The Balaban J connectivity index is 1.90. The van der Waals surface area contributed by atoms with Crippen LogP contribution in [0, 0.1) is 0 Å². The summed E-state index contributed by atoms with van der Waals surface area (Å²) < 4.78 is 18.9. The van der Waals surface area contributed by atoms with Gasteiger partial charge in [-0.3, -0.25) is 4.79 Å². The molecule has 2 aliphatic heterocycles. The summed E-state index contributed by atoms with van der Waals surface area (Å²) in [5.41, 5.74) is -1.03. The van der Waals surface area contributed by atoms with Crippen LogP contribution < -0.4 is 0 Å². The molecule has 0 aliphatic carbocycles. The lowest BCUT2D eigenvalue weighted by atomic mass is 9.96. The minimum absolute atomic E-state index is 0.182. The summed E-state index contributed by atoms with van der Waals surface area (Å²) >= 11 is 2.20. The zero-order valence-electron chi connectivity index (χ0n) is 14.1. The highest BCUT2D eigenvalue weighted by molar-refractivity contribution is 14.1. The highest BCUT2D eigenvalue weighted by Crippen LogP contribution is 2.20. The van der Waals surface area contributed by atoms with Crippen LogP contribution in [0.15, 0.2) is 0 Å². The van der Waals surface area contributed by atoms with E-state index in [-0.39, 0.29) is 37.8 Å². The summed E-state index contributed by atoms with van der Waals surface area (Å²) in [6.45, 7) is 5.44. The van der Waals surface area contributed by atoms with Gasteiger partial charge in [-0.15, -0.1) is 0 Å². The zero-order chi connectivity index (χ0) is 17.9. The van der Waals surface area contributed by atoms with Crippen molar-refractivity contribution >= 4 is 44.5 Å². The highest BCUT2D eigenvalue weighted by atomic mass is 127. The van der Waals surface area contributed by atoms with Gasteiger partial charge in [0.2, 0.25) is 0 Å². The van der Waals surface area contributed by atoms with Gasteiger partial charge in [-0.2, -0.15) is 0 Å². The van der Waals surface area contributed by atoms with Crippen LogP contribution in [0.1, 0.15) is 13.8 Å². The number of aliphatic hydroxyl groups excluding tert-OH is 1. The SMILES string of the molecule is [B]C1CN(I)CC(COC(C)(C)C(=O)N2CC([B])OC(CO)C2)O1. The Hall–Kier alpha value is 0.130. The van der Waals surface area contributed by atoms with Crippen LogP contribution in [-0.2, 0) is 19.0 Å². The van der Waals surface area contributed by atoms with Gasteiger partial charge in [0, 0.05) is 61.1 Å². The van der Waals surface area contributed by atoms with Crippen molar-refractivity contribution in [1.29, 1.82) is 0 Å². The third-order valence-corrected chi connectivity index (χ3v) is 4.76. The standard InChI is InChI=1S/C14H23B2IN2O5/c1-14(2,22-8-10-4-19(17)6-12(16)24-10)13(21)18-3-9(7-20)23-11(15)5-18/h9-12,20H,3-8H2,1-2H3. The van der Waals surface area contributed by atoms with Crippen LogP contribution in [0.3, 0.4) is 0 Å². The Kier molecular flexibility index (Phi) is 7.39. The molecule has 4 atom stereocenters. The molecule has 0 saturated carbocycles. The van der Waals surface area contributed by atoms with Gasteiger partial charge in [-0.05, 0) is 13.8 Å². The second-order valence-electron chi connectivity index (χ2n) is 6.63. The molecule has 2 saturated heterocycles. The Bertz CT molecular complexity index is 435. The number of ether oxygens (including phenoxy) is 3. The molecule has 2 fully saturated rings. The molecule has 132 valence electrons. The van der Waals surface area contributed by atoms with Crippen molar-refractivity contribution < 1.29 is 24.1 Å². The van der Waals surface area contributed by atoms with Crippen LogP contribution in [-0.4, -0.2) is 104 Å². The van der Waals surface area contributed by atoms with Gasteiger partial charge in [0.1, 0.15) is 21.3 Å². The van der Waals surface area contributed by atoms with E-state index in [1.54, 1.807) is 18.7 Å². The van der Waals surface area contributed by atoms with Gasteiger partial charge in [0.15, 0.2) is 0 Å². The van der Waals surface area contributed by atoms with E-state index in [4.69, 9.17) is 29.9 Å². The number of rotatable bonds is 5. The summed E-state index contributed by atoms with van der Waals surface area (Å²) in [5.74, 6) is -0.189. The summed E-state index contributed by atoms with van der Waals surface area (Å²) in [6, 6.07) is -0.964. The van der Waals surface area contributed by atoms with E-state index in [1.807, 2.05) is 3.11 Å². The van der Waals surface area contributed by atoms with Crippen molar-refractivity contribution in [2.24, 2.45) is 0 Å². The Labute approximate surface area is 159 Å². The highest BCUT2D eigenvalue weighted by Gasteiger charge is 2.38. The molecule has 4 radical (unpaired) electrons. The van der Waals surface area contributed by atoms with Crippen molar-refractivity contribution in [3.63, 3.8) is 0 Å². The third kappa shape index (κ3) is 5.57. The molecule has 1 amide bonds. The Morgan fingerprint density at radius 2 is 1.83 bits per heavy atom. The first kappa shape index (κ1) is 20.4. The monoisotopic (exact) mass is 448 g/mol. The summed E-state index contributed by atoms with van der Waals surface area (Å²) in [5, 5.41) is 9.25. The van der Waals surface area contributed by atoms with Crippen LogP contribution in [0.2, 0.25) is 0 Å². The molecule has 10 heteroatoms. The number of amides is 1. The summed E-state index contributed by atoms with van der Waals surface area (Å²) in [4.78, 5) is 14.3. The second kappa shape index (κ2) is 8.68. The quantitative estimate of drug-likeness (QED) is 0.333. The lowest BCUT2D eigenvalue weighted by Gasteiger charge is -2.40. The van der Waals surface area contributed by atoms with Gasteiger partial charge in [-0.1, -0.05) is 0 Å². The molecule has 2 heterocycles. The molecule has 4 unspecified atom stereocenters. The molecule has 0 bridgehead atoms. The van der Waals surface area contributed by atoms with Crippen molar-refractivity contribution in [2.45, 2.75) is 43.7 Å². The molecule has 1 N–H and O–H groups in total. The lowest BCUT2D eigenvalue weighted by Crippen LogP contribution is -2.57. The van der Waals surface area contributed by atoms with Crippen molar-refractivity contribution in [2.75, 3.05) is 39.4 Å². The Morgan fingerprint density at radius 1 is 1.21 bits per heavy atom. The maximum Gasteiger partial charge on any atom is 0.254 e. The van der Waals surface area contributed by atoms with E-state index in [0.717, 1.165) is 0 Å². The van der Waals surface area contributed by atoms with Crippen molar-refractivity contribution in [3.05, 3.63) is 0 Å². The van der Waals surface area contributed by atoms with Gasteiger partial charge in [-0.25, -0.2) is 3.11 Å². The van der Waals surface area contributed by atoms with E-state index in [2.05, 4.69) is 22.9 Å². The first-order valence-corrected chi connectivity index (χ1v) is 8.94. The van der Waals surface area contributed by atoms with Crippen LogP contribution in [0.5, 0.6) is 0 Å². The number of nitrogens with zero attached hydrogens (tertiary/aromatic N) is 2. The van der Waals surface area contributed by atoms with Gasteiger partial charge >= 0.3 is 0 Å². The normalized spacial score (nSPS) is 32.8. The molecule has 0 aromatic rings. The molecule has 0 aromatic carbocycles. The maximum absolute atomic E-state index is 12.8. The van der Waals surface area contributed by atoms with E-state index >= 15 is 0 Å². The summed E-state index contributed by atoms with van der Waals surface area (Å²) in [6.07, 6.45) is -0.657. The number of morpholine rings is 2. The third-order valence-electron chi connectivity index (χ3n) is 3.97. The molecule has 2 aliphatic rings. The lowest BCUT2D eigenvalue weighted by molar-refractivity contribution is -0.170. The first-order chi connectivity index (χ1) is 11.2. The number of halogens is 1. The number of carbonyl (C=O) groups is 1.